The lowest BCUT2D eigenvalue weighted by Gasteiger charge is -2.29. The Morgan fingerprint density at radius 3 is 2.52 bits per heavy atom. The van der Waals surface area contributed by atoms with Crippen LogP contribution >= 0.6 is 0 Å². The van der Waals surface area contributed by atoms with Crippen LogP contribution in [0.5, 0.6) is 17.5 Å². The van der Waals surface area contributed by atoms with Gasteiger partial charge in [0, 0.05) is 18.4 Å². The Morgan fingerprint density at radius 1 is 1.07 bits per heavy atom. The number of nitrogens with zero attached hydrogens (tertiary/aromatic N) is 2. The zero-order valence-corrected chi connectivity index (χ0v) is 15.7. The average Bonchev–Trinajstić information content (AvgIpc) is 2.70. The standard InChI is InChI=1S/C20H25N3O4/c1-25-17-5-3-4-14(12-17)13-18(24)23-15-6-8-16(9-7-15)27-20-19(26-2)21-10-11-22-20/h3-5,10-12,15-16H,6-9,13H2,1-2H3,(H,23,24). The molecule has 1 fully saturated rings. The molecule has 1 aliphatic rings. The van der Waals surface area contributed by atoms with E-state index in [1.807, 2.05) is 24.3 Å². The number of methoxy groups -OCH3 is 2. The molecule has 1 heterocycles. The van der Waals surface area contributed by atoms with Crippen LogP contribution in [-0.4, -0.2) is 42.2 Å². The molecule has 1 amide bonds. The van der Waals surface area contributed by atoms with Crippen molar-refractivity contribution < 1.29 is 19.0 Å². The minimum Gasteiger partial charge on any atom is -0.497 e. The van der Waals surface area contributed by atoms with Crippen molar-refractivity contribution in [2.75, 3.05) is 14.2 Å². The summed E-state index contributed by atoms with van der Waals surface area (Å²) in [5.74, 6) is 1.61. The monoisotopic (exact) mass is 371 g/mol. The van der Waals surface area contributed by atoms with E-state index < -0.39 is 0 Å². The highest BCUT2D eigenvalue weighted by Crippen LogP contribution is 2.27. The fourth-order valence-electron chi connectivity index (χ4n) is 3.26. The number of aromatic nitrogens is 2. The third-order valence-electron chi connectivity index (χ3n) is 4.64. The van der Waals surface area contributed by atoms with Crippen LogP contribution in [0.25, 0.3) is 0 Å². The van der Waals surface area contributed by atoms with Crippen molar-refractivity contribution in [2.24, 2.45) is 0 Å². The minimum atomic E-state index is 0.0308. The summed E-state index contributed by atoms with van der Waals surface area (Å²) in [7, 11) is 3.17. The number of benzene rings is 1. The van der Waals surface area contributed by atoms with E-state index >= 15 is 0 Å². The average molecular weight is 371 g/mol. The van der Waals surface area contributed by atoms with E-state index in [9.17, 15) is 4.79 Å². The van der Waals surface area contributed by atoms with Gasteiger partial charge in [0.15, 0.2) is 0 Å². The van der Waals surface area contributed by atoms with Gasteiger partial charge in [-0.25, -0.2) is 9.97 Å². The summed E-state index contributed by atoms with van der Waals surface area (Å²) < 4.78 is 16.3. The molecule has 0 bridgehead atoms. The van der Waals surface area contributed by atoms with Crippen LogP contribution in [0.3, 0.4) is 0 Å². The number of rotatable bonds is 7. The maximum absolute atomic E-state index is 12.3. The molecule has 1 aromatic heterocycles. The first-order valence-electron chi connectivity index (χ1n) is 9.12. The number of carbonyl (C=O) groups excluding carboxylic acids is 1. The van der Waals surface area contributed by atoms with Crippen molar-refractivity contribution in [1.29, 1.82) is 0 Å². The molecule has 0 unspecified atom stereocenters. The largest absolute Gasteiger partial charge is 0.497 e. The minimum absolute atomic E-state index is 0.0308. The lowest BCUT2D eigenvalue weighted by atomic mass is 9.92. The Bertz CT molecular complexity index is 760. The summed E-state index contributed by atoms with van der Waals surface area (Å²) in [5.41, 5.74) is 0.943. The normalized spacial score (nSPS) is 19.2. The van der Waals surface area contributed by atoms with Crippen LogP contribution in [0.15, 0.2) is 36.7 Å². The smallest absolute Gasteiger partial charge is 0.278 e. The van der Waals surface area contributed by atoms with E-state index in [4.69, 9.17) is 14.2 Å². The molecule has 0 atom stereocenters. The molecule has 0 saturated heterocycles. The molecule has 1 N–H and O–H groups in total. The molecule has 7 heteroatoms. The molecule has 1 aliphatic carbocycles. The zero-order chi connectivity index (χ0) is 19.1. The highest BCUT2D eigenvalue weighted by molar-refractivity contribution is 5.79. The fourth-order valence-corrected chi connectivity index (χ4v) is 3.26. The number of ether oxygens (including phenoxy) is 3. The fraction of sp³-hybridized carbons (Fsp3) is 0.450. The quantitative estimate of drug-likeness (QED) is 0.805. The van der Waals surface area contributed by atoms with Crippen molar-refractivity contribution in [3.05, 3.63) is 42.2 Å². The summed E-state index contributed by atoms with van der Waals surface area (Å²) in [4.78, 5) is 20.6. The van der Waals surface area contributed by atoms with E-state index in [0.717, 1.165) is 37.0 Å². The molecule has 27 heavy (non-hydrogen) atoms. The highest BCUT2D eigenvalue weighted by Gasteiger charge is 2.25. The maximum Gasteiger partial charge on any atom is 0.278 e. The molecule has 144 valence electrons. The first-order chi connectivity index (χ1) is 13.2. The molecule has 0 spiro atoms. The molecule has 1 aromatic carbocycles. The summed E-state index contributed by atoms with van der Waals surface area (Å²) in [6.45, 7) is 0. The van der Waals surface area contributed by atoms with Crippen LogP contribution in [-0.2, 0) is 11.2 Å². The van der Waals surface area contributed by atoms with Crippen LogP contribution in [0.1, 0.15) is 31.2 Å². The first kappa shape index (κ1) is 18.9. The third kappa shape index (κ3) is 5.32. The van der Waals surface area contributed by atoms with Gasteiger partial charge in [-0.3, -0.25) is 4.79 Å². The van der Waals surface area contributed by atoms with Crippen molar-refractivity contribution in [2.45, 2.75) is 44.2 Å². The molecule has 0 aliphatic heterocycles. The second-order valence-corrected chi connectivity index (χ2v) is 6.56. The molecule has 0 radical (unpaired) electrons. The number of carbonyl (C=O) groups is 1. The van der Waals surface area contributed by atoms with Crippen LogP contribution in [0, 0.1) is 0 Å². The van der Waals surface area contributed by atoms with E-state index in [0.29, 0.717) is 18.2 Å². The predicted molar refractivity (Wildman–Crippen MR) is 100 cm³/mol. The molecule has 7 nitrogen and oxygen atoms in total. The topological polar surface area (TPSA) is 82.6 Å². The number of nitrogens with one attached hydrogen (secondary N) is 1. The van der Waals surface area contributed by atoms with E-state index in [-0.39, 0.29) is 18.1 Å². The van der Waals surface area contributed by atoms with Crippen LogP contribution in [0.2, 0.25) is 0 Å². The highest BCUT2D eigenvalue weighted by atomic mass is 16.5. The number of hydrogen-bond acceptors (Lipinski definition) is 6. The molecule has 1 saturated carbocycles. The van der Waals surface area contributed by atoms with Gasteiger partial charge in [0.25, 0.3) is 11.8 Å². The van der Waals surface area contributed by atoms with Crippen molar-refractivity contribution >= 4 is 5.91 Å². The van der Waals surface area contributed by atoms with Gasteiger partial charge in [0.1, 0.15) is 11.9 Å². The Hall–Kier alpha value is -2.83. The van der Waals surface area contributed by atoms with Crippen LogP contribution in [0.4, 0.5) is 0 Å². The van der Waals surface area contributed by atoms with Gasteiger partial charge < -0.3 is 19.5 Å². The van der Waals surface area contributed by atoms with Gasteiger partial charge in [-0.05, 0) is 43.4 Å². The van der Waals surface area contributed by atoms with Gasteiger partial charge in [0.05, 0.1) is 20.6 Å². The Labute approximate surface area is 159 Å². The summed E-state index contributed by atoms with van der Waals surface area (Å²) >= 11 is 0. The molecular weight excluding hydrogens is 346 g/mol. The lowest BCUT2D eigenvalue weighted by molar-refractivity contribution is -0.121. The Kier molecular flexibility index (Phi) is 6.46. The van der Waals surface area contributed by atoms with E-state index in [1.165, 1.54) is 0 Å². The Balaban J connectivity index is 1.45. The van der Waals surface area contributed by atoms with Gasteiger partial charge >= 0.3 is 0 Å². The lowest BCUT2D eigenvalue weighted by Crippen LogP contribution is -2.40. The van der Waals surface area contributed by atoms with Gasteiger partial charge in [-0.15, -0.1) is 0 Å². The SMILES string of the molecule is COc1cccc(CC(=O)NC2CCC(Oc3nccnc3OC)CC2)c1. The number of amides is 1. The van der Waals surface area contributed by atoms with Crippen LogP contribution < -0.4 is 19.5 Å². The Morgan fingerprint density at radius 2 is 1.81 bits per heavy atom. The number of hydrogen-bond donors (Lipinski definition) is 1. The maximum atomic E-state index is 12.3. The second kappa shape index (κ2) is 9.21. The molecule has 3 rings (SSSR count). The van der Waals surface area contributed by atoms with Gasteiger partial charge in [-0.1, -0.05) is 12.1 Å². The van der Waals surface area contributed by atoms with Crippen molar-refractivity contribution in [3.8, 4) is 17.5 Å². The second-order valence-electron chi connectivity index (χ2n) is 6.56. The first-order valence-corrected chi connectivity index (χ1v) is 9.12. The predicted octanol–water partition coefficient (Wildman–Crippen LogP) is 2.54. The van der Waals surface area contributed by atoms with E-state index in [1.54, 1.807) is 26.6 Å². The summed E-state index contributed by atoms with van der Waals surface area (Å²) in [6, 6.07) is 7.76. The molecule has 2 aromatic rings. The zero-order valence-electron chi connectivity index (χ0n) is 15.7. The third-order valence-corrected chi connectivity index (χ3v) is 4.64. The van der Waals surface area contributed by atoms with Crippen molar-refractivity contribution in [1.82, 2.24) is 15.3 Å². The summed E-state index contributed by atoms with van der Waals surface area (Å²) in [6.07, 6.45) is 7.01. The molecular formula is C20H25N3O4. The van der Waals surface area contributed by atoms with E-state index in [2.05, 4.69) is 15.3 Å². The van der Waals surface area contributed by atoms with Gasteiger partial charge in [0.2, 0.25) is 5.91 Å². The van der Waals surface area contributed by atoms with Crippen molar-refractivity contribution in [3.63, 3.8) is 0 Å². The summed E-state index contributed by atoms with van der Waals surface area (Å²) in [5, 5.41) is 3.12. The van der Waals surface area contributed by atoms with Gasteiger partial charge in [-0.2, -0.15) is 0 Å².